The molecule has 1 aromatic rings. The lowest BCUT2D eigenvalue weighted by molar-refractivity contribution is -0.0175. The van der Waals surface area contributed by atoms with Crippen molar-refractivity contribution in [2.75, 3.05) is 53.6 Å². The van der Waals surface area contributed by atoms with Crippen LogP contribution in [0.15, 0.2) is 18.2 Å². The molecular formula is C17H27N3O4. The van der Waals surface area contributed by atoms with Crippen LogP contribution in [0.4, 0.5) is 0 Å². The van der Waals surface area contributed by atoms with Gasteiger partial charge in [0.05, 0.1) is 32.0 Å². The summed E-state index contributed by atoms with van der Waals surface area (Å²) in [5, 5.41) is 2.92. The van der Waals surface area contributed by atoms with Gasteiger partial charge in [-0.3, -0.25) is 4.79 Å². The second-order valence-electron chi connectivity index (χ2n) is 5.79. The Balaban J connectivity index is 2.01. The number of ether oxygens (including phenoxy) is 3. The molecule has 0 spiro atoms. The third kappa shape index (κ3) is 5.09. The fraction of sp³-hybridized carbons (Fsp3) is 0.588. The molecule has 1 atom stereocenters. The van der Waals surface area contributed by atoms with Gasteiger partial charge in [-0.1, -0.05) is 6.07 Å². The molecule has 1 aromatic carbocycles. The van der Waals surface area contributed by atoms with Gasteiger partial charge in [0.2, 0.25) is 0 Å². The summed E-state index contributed by atoms with van der Waals surface area (Å²) in [6.45, 7) is 3.83. The SMILES string of the molecule is COc1cccc(C(=O)NC[C@H]2CN(C)CCO2)c1OCCCN. The molecule has 1 amide bonds. The van der Waals surface area contributed by atoms with E-state index in [9.17, 15) is 4.79 Å². The Morgan fingerprint density at radius 1 is 1.50 bits per heavy atom. The number of nitrogens with zero attached hydrogens (tertiary/aromatic N) is 1. The normalized spacial score (nSPS) is 18.2. The molecule has 0 bridgehead atoms. The highest BCUT2D eigenvalue weighted by Crippen LogP contribution is 2.31. The fourth-order valence-electron chi connectivity index (χ4n) is 2.55. The lowest BCUT2D eigenvalue weighted by atomic mass is 10.1. The van der Waals surface area contributed by atoms with Crippen LogP contribution in [-0.4, -0.2) is 70.5 Å². The van der Waals surface area contributed by atoms with Gasteiger partial charge in [0, 0.05) is 19.6 Å². The molecule has 3 N–H and O–H groups in total. The summed E-state index contributed by atoms with van der Waals surface area (Å²) in [6, 6.07) is 5.27. The predicted molar refractivity (Wildman–Crippen MR) is 91.7 cm³/mol. The molecular weight excluding hydrogens is 310 g/mol. The van der Waals surface area contributed by atoms with E-state index in [1.165, 1.54) is 0 Å². The summed E-state index contributed by atoms with van der Waals surface area (Å²) in [6.07, 6.45) is 0.710. The topological polar surface area (TPSA) is 86.0 Å². The van der Waals surface area contributed by atoms with Gasteiger partial charge in [-0.2, -0.15) is 0 Å². The highest BCUT2D eigenvalue weighted by atomic mass is 16.5. The number of nitrogens with one attached hydrogen (secondary N) is 1. The first-order valence-electron chi connectivity index (χ1n) is 8.24. The number of benzene rings is 1. The Morgan fingerprint density at radius 3 is 3.04 bits per heavy atom. The number of rotatable bonds is 8. The highest BCUT2D eigenvalue weighted by molar-refractivity contribution is 5.97. The number of para-hydroxylation sites is 1. The maximum atomic E-state index is 12.6. The van der Waals surface area contributed by atoms with E-state index in [4.69, 9.17) is 19.9 Å². The van der Waals surface area contributed by atoms with Crippen LogP contribution in [0, 0.1) is 0 Å². The summed E-state index contributed by atoms with van der Waals surface area (Å²) in [7, 11) is 3.60. The van der Waals surface area contributed by atoms with Crippen LogP contribution in [0.5, 0.6) is 11.5 Å². The zero-order valence-corrected chi connectivity index (χ0v) is 14.4. The van der Waals surface area contributed by atoms with Crippen molar-refractivity contribution < 1.29 is 19.0 Å². The maximum Gasteiger partial charge on any atom is 0.255 e. The molecule has 1 fully saturated rings. The number of hydrogen-bond acceptors (Lipinski definition) is 6. The van der Waals surface area contributed by atoms with Crippen molar-refractivity contribution >= 4 is 5.91 Å². The Bertz CT molecular complexity index is 539. The molecule has 0 aromatic heterocycles. The minimum atomic E-state index is -0.200. The standard InChI is InChI=1S/C17H27N3O4/c1-20-8-10-23-13(12-20)11-19-17(21)14-5-3-6-15(22-2)16(14)24-9-4-7-18/h3,5-6,13H,4,7-12,18H2,1-2H3,(H,19,21)/t13-/m0/s1. The molecule has 0 aliphatic carbocycles. The minimum absolute atomic E-state index is 0.0000775. The number of carbonyl (C=O) groups excluding carboxylic acids is 1. The van der Waals surface area contributed by atoms with Crippen molar-refractivity contribution in [2.45, 2.75) is 12.5 Å². The van der Waals surface area contributed by atoms with Crippen LogP contribution >= 0.6 is 0 Å². The molecule has 1 aliphatic rings. The van der Waals surface area contributed by atoms with Gasteiger partial charge in [0.1, 0.15) is 0 Å². The second-order valence-corrected chi connectivity index (χ2v) is 5.79. The third-order valence-corrected chi connectivity index (χ3v) is 3.87. The summed E-state index contributed by atoms with van der Waals surface area (Å²) >= 11 is 0. The Kier molecular flexibility index (Phi) is 7.30. The molecule has 134 valence electrons. The van der Waals surface area contributed by atoms with E-state index in [0.29, 0.717) is 49.8 Å². The maximum absolute atomic E-state index is 12.6. The van der Waals surface area contributed by atoms with Gasteiger partial charge in [0.25, 0.3) is 5.91 Å². The third-order valence-electron chi connectivity index (χ3n) is 3.87. The predicted octanol–water partition coefficient (Wildman–Crippen LogP) is 0.483. The summed E-state index contributed by atoms with van der Waals surface area (Å²) in [4.78, 5) is 14.7. The summed E-state index contributed by atoms with van der Waals surface area (Å²) < 4.78 is 16.7. The van der Waals surface area contributed by atoms with E-state index < -0.39 is 0 Å². The van der Waals surface area contributed by atoms with E-state index in [2.05, 4.69) is 10.2 Å². The molecule has 0 radical (unpaired) electrons. The Hall–Kier alpha value is -1.83. The van der Waals surface area contributed by atoms with Crippen molar-refractivity contribution in [3.63, 3.8) is 0 Å². The van der Waals surface area contributed by atoms with Crippen molar-refractivity contribution in [3.8, 4) is 11.5 Å². The number of likely N-dealkylation sites (N-methyl/N-ethyl adjacent to an activating group) is 1. The summed E-state index contributed by atoms with van der Waals surface area (Å²) in [5.41, 5.74) is 5.95. The van der Waals surface area contributed by atoms with Crippen LogP contribution < -0.4 is 20.5 Å². The van der Waals surface area contributed by atoms with Crippen LogP contribution in [0.25, 0.3) is 0 Å². The van der Waals surface area contributed by atoms with Gasteiger partial charge in [-0.15, -0.1) is 0 Å². The fourth-order valence-corrected chi connectivity index (χ4v) is 2.55. The molecule has 0 saturated carbocycles. The van der Waals surface area contributed by atoms with Crippen LogP contribution in [0.2, 0.25) is 0 Å². The number of morpholine rings is 1. The number of amides is 1. The van der Waals surface area contributed by atoms with Gasteiger partial charge in [-0.25, -0.2) is 0 Å². The Labute approximate surface area is 143 Å². The molecule has 7 heteroatoms. The van der Waals surface area contributed by atoms with Crippen molar-refractivity contribution in [2.24, 2.45) is 5.73 Å². The average Bonchev–Trinajstić information content (AvgIpc) is 2.60. The number of carbonyl (C=O) groups is 1. The molecule has 0 unspecified atom stereocenters. The summed E-state index contributed by atoms with van der Waals surface area (Å²) in [5.74, 6) is 0.787. The van der Waals surface area contributed by atoms with E-state index in [0.717, 1.165) is 13.1 Å². The van der Waals surface area contributed by atoms with Crippen molar-refractivity contribution in [1.82, 2.24) is 10.2 Å². The zero-order chi connectivity index (χ0) is 17.4. The molecule has 1 saturated heterocycles. The molecule has 2 rings (SSSR count). The van der Waals surface area contributed by atoms with Crippen LogP contribution in [-0.2, 0) is 4.74 Å². The monoisotopic (exact) mass is 337 g/mol. The Morgan fingerprint density at radius 2 is 2.33 bits per heavy atom. The first kappa shape index (κ1) is 18.5. The first-order valence-corrected chi connectivity index (χ1v) is 8.24. The van der Waals surface area contributed by atoms with Crippen LogP contribution in [0.3, 0.4) is 0 Å². The van der Waals surface area contributed by atoms with E-state index in [1.807, 2.05) is 7.05 Å². The molecule has 1 heterocycles. The smallest absolute Gasteiger partial charge is 0.255 e. The van der Waals surface area contributed by atoms with Gasteiger partial charge >= 0.3 is 0 Å². The lowest BCUT2D eigenvalue weighted by Crippen LogP contribution is -2.45. The molecule has 7 nitrogen and oxygen atoms in total. The average molecular weight is 337 g/mol. The van der Waals surface area contributed by atoms with E-state index in [1.54, 1.807) is 25.3 Å². The quantitative estimate of drug-likeness (QED) is 0.671. The number of methoxy groups -OCH3 is 1. The van der Waals surface area contributed by atoms with Crippen molar-refractivity contribution in [1.29, 1.82) is 0 Å². The van der Waals surface area contributed by atoms with E-state index in [-0.39, 0.29) is 12.0 Å². The van der Waals surface area contributed by atoms with Crippen molar-refractivity contribution in [3.05, 3.63) is 23.8 Å². The van der Waals surface area contributed by atoms with Gasteiger partial charge < -0.3 is 30.2 Å². The minimum Gasteiger partial charge on any atom is -0.493 e. The van der Waals surface area contributed by atoms with E-state index >= 15 is 0 Å². The number of nitrogens with two attached hydrogens (primary N) is 1. The number of hydrogen-bond donors (Lipinski definition) is 2. The lowest BCUT2D eigenvalue weighted by Gasteiger charge is -2.30. The highest BCUT2D eigenvalue weighted by Gasteiger charge is 2.21. The van der Waals surface area contributed by atoms with Gasteiger partial charge in [0.15, 0.2) is 11.5 Å². The second kappa shape index (κ2) is 9.46. The first-order chi connectivity index (χ1) is 11.7. The molecule has 1 aliphatic heterocycles. The zero-order valence-electron chi connectivity index (χ0n) is 14.4. The van der Waals surface area contributed by atoms with Gasteiger partial charge in [-0.05, 0) is 32.1 Å². The van der Waals surface area contributed by atoms with Crippen LogP contribution in [0.1, 0.15) is 16.8 Å². The largest absolute Gasteiger partial charge is 0.493 e. The molecule has 24 heavy (non-hydrogen) atoms.